The molecule has 0 amide bonds. The maximum absolute atomic E-state index is 3.48. The van der Waals surface area contributed by atoms with Crippen LogP contribution in [0.25, 0.3) is 0 Å². The predicted molar refractivity (Wildman–Crippen MR) is 55.8 cm³/mol. The highest BCUT2D eigenvalue weighted by Crippen LogP contribution is 2.38. The Balaban J connectivity index is 1.80. The van der Waals surface area contributed by atoms with E-state index in [1.54, 1.807) is 0 Å². The molecule has 2 heteroatoms. The van der Waals surface area contributed by atoms with E-state index in [0.29, 0.717) is 0 Å². The summed E-state index contributed by atoms with van der Waals surface area (Å²) in [6.07, 6.45) is 2.77. The van der Waals surface area contributed by atoms with Crippen molar-refractivity contribution < 1.29 is 0 Å². The molecule has 1 heterocycles. The molecule has 76 valence electrons. The van der Waals surface area contributed by atoms with Gasteiger partial charge < -0.3 is 5.32 Å². The van der Waals surface area contributed by atoms with Crippen molar-refractivity contribution >= 4 is 0 Å². The Bertz CT molecular complexity index is 169. The van der Waals surface area contributed by atoms with Crippen LogP contribution in [0.3, 0.4) is 0 Å². The Kier molecular flexibility index (Phi) is 2.89. The summed E-state index contributed by atoms with van der Waals surface area (Å²) < 4.78 is 0. The third-order valence-corrected chi connectivity index (χ3v) is 3.69. The zero-order valence-electron chi connectivity index (χ0n) is 8.92. The lowest BCUT2D eigenvalue weighted by molar-refractivity contribution is 0.148. The van der Waals surface area contributed by atoms with E-state index in [2.05, 4.69) is 24.1 Å². The smallest absolute Gasteiger partial charge is 0.0218 e. The maximum atomic E-state index is 3.48. The fourth-order valence-corrected chi connectivity index (χ4v) is 2.40. The zero-order valence-corrected chi connectivity index (χ0v) is 8.92. The summed E-state index contributed by atoms with van der Waals surface area (Å²) in [6, 6.07) is 0.807. The van der Waals surface area contributed by atoms with Gasteiger partial charge in [0.2, 0.25) is 0 Å². The van der Waals surface area contributed by atoms with Crippen LogP contribution < -0.4 is 5.32 Å². The molecule has 1 saturated heterocycles. The third-order valence-electron chi connectivity index (χ3n) is 3.69. The molecule has 2 aliphatic rings. The first-order valence-electron chi connectivity index (χ1n) is 5.76. The van der Waals surface area contributed by atoms with Crippen LogP contribution >= 0.6 is 0 Å². The Morgan fingerprint density at radius 3 is 2.85 bits per heavy atom. The molecular formula is C11H22N2. The summed E-state index contributed by atoms with van der Waals surface area (Å²) in [4.78, 5) is 2.70. The standard InChI is InChI=1S/C11H22N2/c1-3-11-7-12-4-5-13(11)8-10-6-9(10)2/h9-12H,3-8H2,1-2H3. The van der Waals surface area contributed by atoms with Gasteiger partial charge in [-0.3, -0.25) is 4.90 Å². The number of nitrogens with zero attached hydrogens (tertiary/aromatic N) is 1. The minimum atomic E-state index is 0.807. The zero-order chi connectivity index (χ0) is 9.26. The first-order valence-corrected chi connectivity index (χ1v) is 5.76. The number of nitrogens with one attached hydrogen (secondary N) is 1. The van der Waals surface area contributed by atoms with Crippen LogP contribution in [0.2, 0.25) is 0 Å². The molecule has 0 aromatic carbocycles. The number of hydrogen-bond donors (Lipinski definition) is 1. The van der Waals surface area contributed by atoms with Crippen LogP contribution in [-0.4, -0.2) is 37.1 Å². The minimum Gasteiger partial charge on any atom is -0.314 e. The summed E-state index contributed by atoms with van der Waals surface area (Å²) in [5, 5.41) is 3.48. The summed E-state index contributed by atoms with van der Waals surface area (Å²) in [5.74, 6) is 2.03. The number of hydrogen-bond acceptors (Lipinski definition) is 2. The van der Waals surface area contributed by atoms with Gasteiger partial charge >= 0.3 is 0 Å². The predicted octanol–water partition coefficient (Wildman–Crippen LogP) is 1.33. The van der Waals surface area contributed by atoms with E-state index in [1.807, 2.05) is 0 Å². The highest BCUT2D eigenvalue weighted by atomic mass is 15.2. The maximum Gasteiger partial charge on any atom is 0.0218 e. The first-order chi connectivity index (χ1) is 6.31. The van der Waals surface area contributed by atoms with Crippen molar-refractivity contribution in [3.8, 4) is 0 Å². The molecule has 3 atom stereocenters. The monoisotopic (exact) mass is 182 g/mol. The summed E-state index contributed by atoms with van der Waals surface area (Å²) in [5.41, 5.74) is 0. The average Bonchev–Trinajstić information content (AvgIpc) is 2.83. The van der Waals surface area contributed by atoms with Crippen LogP contribution in [-0.2, 0) is 0 Å². The molecule has 1 aliphatic carbocycles. The number of rotatable bonds is 3. The van der Waals surface area contributed by atoms with Crippen LogP contribution in [0.1, 0.15) is 26.7 Å². The Labute approximate surface area is 81.7 Å². The molecule has 0 aromatic heterocycles. The molecule has 1 N–H and O–H groups in total. The van der Waals surface area contributed by atoms with Gasteiger partial charge in [0.1, 0.15) is 0 Å². The molecule has 2 fully saturated rings. The van der Waals surface area contributed by atoms with E-state index in [-0.39, 0.29) is 0 Å². The molecule has 0 bridgehead atoms. The first kappa shape index (κ1) is 9.47. The van der Waals surface area contributed by atoms with E-state index < -0.39 is 0 Å². The molecule has 13 heavy (non-hydrogen) atoms. The molecule has 1 saturated carbocycles. The van der Waals surface area contributed by atoms with Gasteiger partial charge in [-0.25, -0.2) is 0 Å². The molecule has 0 aromatic rings. The lowest BCUT2D eigenvalue weighted by Gasteiger charge is -2.35. The topological polar surface area (TPSA) is 15.3 Å². The van der Waals surface area contributed by atoms with E-state index in [0.717, 1.165) is 17.9 Å². The van der Waals surface area contributed by atoms with Gasteiger partial charge in [-0.1, -0.05) is 13.8 Å². The molecule has 3 unspecified atom stereocenters. The Hall–Kier alpha value is -0.0800. The quantitative estimate of drug-likeness (QED) is 0.708. The lowest BCUT2D eigenvalue weighted by atomic mass is 10.1. The van der Waals surface area contributed by atoms with Crippen molar-refractivity contribution in [2.75, 3.05) is 26.2 Å². The fourth-order valence-electron chi connectivity index (χ4n) is 2.40. The number of piperazine rings is 1. The Morgan fingerprint density at radius 1 is 1.46 bits per heavy atom. The molecular weight excluding hydrogens is 160 g/mol. The van der Waals surface area contributed by atoms with E-state index in [9.17, 15) is 0 Å². The van der Waals surface area contributed by atoms with Gasteiger partial charge in [-0.15, -0.1) is 0 Å². The molecule has 0 spiro atoms. The van der Waals surface area contributed by atoms with Crippen molar-refractivity contribution in [1.29, 1.82) is 0 Å². The van der Waals surface area contributed by atoms with Gasteiger partial charge in [-0.05, 0) is 24.7 Å². The third kappa shape index (κ3) is 2.23. The average molecular weight is 182 g/mol. The molecule has 2 rings (SSSR count). The van der Waals surface area contributed by atoms with Crippen molar-refractivity contribution in [2.24, 2.45) is 11.8 Å². The molecule has 2 nitrogen and oxygen atoms in total. The SMILES string of the molecule is CCC1CNCCN1CC1CC1C. The van der Waals surface area contributed by atoms with Gasteiger partial charge in [0.15, 0.2) is 0 Å². The van der Waals surface area contributed by atoms with Crippen LogP contribution in [0, 0.1) is 11.8 Å². The van der Waals surface area contributed by atoms with Gasteiger partial charge in [-0.2, -0.15) is 0 Å². The highest BCUT2D eigenvalue weighted by Gasteiger charge is 2.35. The van der Waals surface area contributed by atoms with Gasteiger partial charge in [0, 0.05) is 32.2 Å². The summed E-state index contributed by atoms with van der Waals surface area (Å²) in [6.45, 7) is 9.72. The van der Waals surface area contributed by atoms with E-state index >= 15 is 0 Å². The second-order valence-corrected chi connectivity index (χ2v) is 4.73. The van der Waals surface area contributed by atoms with Gasteiger partial charge in [0.25, 0.3) is 0 Å². The fraction of sp³-hybridized carbons (Fsp3) is 1.00. The van der Waals surface area contributed by atoms with Crippen molar-refractivity contribution in [1.82, 2.24) is 10.2 Å². The van der Waals surface area contributed by atoms with Crippen LogP contribution in [0.4, 0.5) is 0 Å². The Morgan fingerprint density at radius 2 is 2.23 bits per heavy atom. The van der Waals surface area contributed by atoms with Crippen molar-refractivity contribution in [2.45, 2.75) is 32.7 Å². The second-order valence-electron chi connectivity index (χ2n) is 4.73. The normalized spacial score (nSPS) is 40.6. The summed E-state index contributed by atoms with van der Waals surface area (Å²) in [7, 11) is 0. The lowest BCUT2D eigenvalue weighted by Crippen LogP contribution is -2.51. The van der Waals surface area contributed by atoms with Crippen molar-refractivity contribution in [3.63, 3.8) is 0 Å². The van der Waals surface area contributed by atoms with Gasteiger partial charge in [0.05, 0.1) is 0 Å². The van der Waals surface area contributed by atoms with Crippen molar-refractivity contribution in [3.05, 3.63) is 0 Å². The second kappa shape index (κ2) is 3.97. The summed E-state index contributed by atoms with van der Waals surface area (Å²) >= 11 is 0. The molecule has 1 aliphatic heterocycles. The van der Waals surface area contributed by atoms with Crippen LogP contribution in [0.15, 0.2) is 0 Å². The highest BCUT2D eigenvalue weighted by molar-refractivity contribution is 4.88. The minimum absolute atomic E-state index is 0.807. The molecule has 0 radical (unpaired) electrons. The van der Waals surface area contributed by atoms with E-state index in [1.165, 1.54) is 39.0 Å². The van der Waals surface area contributed by atoms with Crippen LogP contribution in [0.5, 0.6) is 0 Å². The van der Waals surface area contributed by atoms with E-state index in [4.69, 9.17) is 0 Å². The largest absolute Gasteiger partial charge is 0.314 e.